The maximum atomic E-state index is 12.4. The lowest BCUT2D eigenvalue weighted by Gasteiger charge is -2.19. The van der Waals surface area contributed by atoms with Crippen LogP contribution < -0.4 is 15.0 Å². The van der Waals surface area contributed by atoms with Gasteiger partial charge in [0.2, 0.25) is 0 Å². The van der Waals surface area contributed by atoms with Crippen LogP contribution in [0.2, 0.25) is 0 Å². The van der Waals surface area contributed by atoms with Gasteiger partial charge in [-0.25, -0.2) is 0 Å². The fourth-order valence-electron chi connectivity index (χ4n) is 3.94. The molecule has 4 nitrogen and oxygen atoms in total. The van der Waals surface area contributed by atoms with Crippen molar-refractivity contribution in [2.75, 3.05) is 25.1 Å². The second-order valence-electron chi connectivity index (χ2n) is 7.70. The van der Waals surface area contributed by atoms with E-state index < -0.39 is 0 Å². The number of hydrogen-bond donors (Lipinski definition) is 1. The third kappa shape index (κ3) is 4.82. The Labute approximate surface area is 178 Å². The number of ether oxygens (including phenoxy) is 1. The van der Waals surface area contributed by atoms with Crippen molar-refractivity contribution < 1.29 is 9.53 Å². The highest BCUT2D eigenvalue weighted by Crippen LogP contribution is 2.28. The number of hydrogen-bond acceptors (Lipinski definition) is 3. The molecule has 0 unspecified atom stereocenters. The fourth-order valence-corrected chi connectivity index (χ4v) is 3.94. The number of nitrogens with one attached hydrogen (secondary N) is 1. The molecule has 4 heteroatoms. The third-order valence-corrected chi connectivity index (χ3v) is 5.66. The van der Waals surface area contributed by atoms with Crippen LogP contribution in [0.3, 0.4) is 0 Å². The number of rotatable bonds is 8. The molecule has 1 aliphatic rings. The van der Waals surface area contributed by atoms with Crippen LogP contribution in [0, 0.1) is 0 Å². The van der Waals surface area contributed by atoms with E-state index in [0.717, 1.165) is 38.1 Å². The summed E-state index contributed by atoms with van der Waals surface area (Å²) in [5, 5.41) is 3.02. The number of methoxy groups -OCH3 is 1. The first-order chi connectivity index (χ1) is 14.7. The Morgan fingerprint density at radius 2 is 1.70 bits per heavy atom. The van der Waals surface area contributed by atoms with Crippen LogP contribution in [0.15, 0.2) is 72.8 Å². The van der Waals surface area contributed by atoms with E-state index >= 15 is 0 Å². The predicted molar refractivity (Wildman–Crippen MR) is 121 cm³/mol. The largest absolute Gasteiger partial charge is 0.497 e. The van der Waals surface area contributed by atoms with Gasteiger partial charge in [-0.2, -0.15) is 0 Å². The first-order valence-electron chi connectivity index (χ1n) is 10.6. The minimum atomic E-state index is -0.0113. The second kappa shape index (κ2) is 9.49. The van der Waals surface area contributed by atoms with Crippen molar-refractivity contribution in [2.45, 2.75) is 25.8 Å². The van der Waals surface area contributed by atoms with Gasteiger partial charge in [-0.1, -0.05) is 42.5 Å². The molecule has 0 atom stereocenters. The van der Waals surface area contributed by atoms with Crippen LogP contribution in [0.5, 0.6) is 5.75 Å². The summed E-state index contributed by atoms with van der Waals surface area (Å²) in [5.41, 5.74) is 5.94. The van der Waals surface area contributed by atoms with Crippen LogP contribution in [-0.4, -0.2) is 26.1 Å². The molecular formula is C26H28N2O2. The van der Waals surface area contributed by atoms with E-state index in [0.29, 0.717) is 12.1 Å². The van der Waals surface area contributed by atoms with Crippen molar-refractivity contribution in [1.82, 2.24) is 5.32 Å². The zero-order valence-electron chi connectivity index (χ0n) is 17.4. The molecule has 4 rings (SSSR count). The van der Waals surface area contributed by atoms with Gasteiger partial charge >= 0.3 is 0 Å². The summed E-state index contributed by atoms with van der Waals surface area (Å²) in [6.45, 7) is 2.59. The molecule has 0 saturated heterocycles. The number of fused-ring (bicyclic) bond motifs is 1. The number of carbonyl (C=O) groups excluding carboxylic acids is 1. The Morgan fingerprint density at radius 1 is 0.967 bits per heavy atom. The molecule has 0 bridgehead atoms. The summed E-state index contributed by atoms with van der Waals surface area (Å²) in [4.78, 5) is 14.8. The number of nitrogens with zero attached hydrogens (tertiary/aromatic N) is 1. The summed E-state index contributed by atoms with van der Waals surface area (Å²) in [7, 11) is 1.67. The highest BCUT2D eigenvalue weighted by molar-refractivity contribution is 5.94. The molecule has 0 saturated carbocycles. The van der Waals surface area contributed by atoms with E-state index in [9.17, 15) is 4.79 Å². The molecule has 0 radical (unpaired) electrons. The topological polar surface area (TPSA) is 41.6 Å². The lowest BCUT2D eigenvalue weighted by atomic mass is 10.1. The van der Waals surface area contributed by atoms with Gasteiger partial charge in [0.05, 0.1) is 7.11 Å². The van der Waals surface area contributed by atoms with Crippen molar-refractivity contribution >= 4 is 11.6 Å². The van der Waals surface area contributed by atoms with Crippen LogP contribution in [0.4, 0.5) is 5.69 Å². The summed E-state index contributed by atoms with van der Waals surface area (Å²) < 4.78 is 5.18. The minimum absolute atomic E-state index is 0.0113. The Bertz CT molecular complexity index is 981. The Morgan fingerprint density at radius 3 is 2.47 bits per heavy atom. The number of benzene rings is 3. The summed E-state index contributed by atoms with van der Waals surface area (Å²) in [5.74, 6) is 0.854. The summed E-state index contributed by atoms with van der Waals surface area (Å²) in [6, 6.07) is 24.6. The second-order valence-corrected chi connectivity index (χ2v) is 7.70. The van der Waals surface area contributed by atoms with Gasteiger partial charge in [-0.15, -0.1) is 0 Å². The highest BCUT2D eigenvalue weighted by atomic mass is 16.5. The molecule has 0 spiro atoms. The van der Waals surface area contributed by atoms with Crippen molar-refractivity contribution in [2.24, 2.45) is 0 Å². The zero-order chi connectivity index (χ0) is 20.8. The maximum absolute atomic E-state index is 12.4. The van der Waals surface area contributed by atoms with E-state index in [2.05, 4.69) is 58.7 Å². The van der Waals surface area contributed by atoms with Gasteiger partial charge in [0.1, 0.15) is 5.75 Å². The molecule has 1 N–H and O–H groups in total. The molecule has 3 aromatic rings. The van der Waals surface area contributed by atoms with E-state index in [1.54, 1.807) is 7.11 Å². The Hall–Kier alpha value is -3.27. The molecule has 154 valence electrons. The molecule has 30 heavy (non-hydrogen) atoms. The minimum Gasteiger partial charge on any atom is -0.497 e. The number of amides is 1. The smallest absolute Gasteiger partial charge is 0.251 e. The van der Waals surface area contributed by atoms with Gasteiger partial charge in [0.25, 0.3) is 5.91 Å². The first kappa shape index (κ1) is 20.0. The van der Waals surface area contributed by atoms with Crippen molar-refractivity contribution in [3.05, 3.63) is 95.1 Å². The van der Waals surface area contributed by atoms with E-state index in [1.807, 2.05) is 24.3 Å². The monoisotopic (exact) mass is 400 g/mol. The van der Waals surface area contributed by atoms with Crippen LogP contribution in [-0.2, 0) is 19.4 Å². The molecular weight excluding hydrogens is 372 g/mol. The van der Waals surface area contributed by atoms with E-state index in [4.69, 9.17) is 4.74 Å². The molecule has 0 aromatic heterocycles. The quantitative estimate of drug-likeness (QED) is 0.561. The molecule has 0 fully saturated rings. The van der Waals surface area contributed by atoms with Crippen LogP contribution in [0.1, 0.15) is 33.5 Å². The zero-order valence-corrected chi connectivity index (χ0v) is 17.4. The van der Waals surface area contributed by atoms with Crippen molar-refractivity contribution in [1.29, 1.82) is 0 Å². The van der Waals surface area contributed by atoms with Crippen molar-refractivity contribution in [3.8, 4) is 5.75 Å². The normalized spacial score (nSPS) is 12.5. The van der Waals surface area contributed by atoms with Crippen molar-refractivity contribution in [3.63, 3.8) is 0 Å². The van der Waals surface area contributed by atoms with E-state index in [-0.39, 0.29) is 5.91 Å². The van der Waals surface area contributed by atoms with Crippen LogP contribution in [0.25, 0.3) is 0 Å². The Balaban J connectivity index is 1.24. The number of para-hydroxylation sites is 1. The molecule has 0 aliphatic carbocycles. The van der Waals surface area contributed by atoms with Gasteiger partial charge in [-0.3, -0.25) is 4.79 Å². The molecule has 3 aromatic carbocycles. The van der Waals surface area contributed by atoms with Gasteiger partial charge in [0.15, 0.2) is 0 Å². The highest BCUT2D eigenvalue weighted by Gasteiger charge is 2.18. The maximum Gasteiger partial charge on any atom is 0.251 e. The third-order valence-electron chi connectivity index (χ3n) is 5.66. The fraction of sp³-hybridized carbons (Fsp3) is 0.269. The van der Waals surface area contributed by atoms with Crippen LogP contribution >= 0.6 is 0 Å². The standard InChI is InChI=1S/C26H28N2O2/c1-30-24-14-10-20(11-15-24)5-4-17-27-26(29)23-12-8-21(9-13-23)19-28-18-16-22-6-2-3-7-25(22)28/h2-3,6-15H,4-5,16-19H2,1H3,(H,27,29). The SMILES string of the molecule is COc1ccc(CCCNC(=O)c2ccc(CN3CCc4ccccc43)cc2)cc1. The van der Waals surface area contributed by atoms with Gasteiger partial charge in [-0.05, 0) is 66.3 Å². The summed E-state index contributed by atoms with van der Waals surface area (Å²) >= 11 is 0. The average Bonchev–Trinajstić information content (AvgIpc) is 3.20. The average molecular weight is 401 g/mol. The molecule has 1 heterocycles. The lowest BCUT2D eigenvalue weighted by Crippen LogP contribution is -2.25. The first-order valence-corrected chi connectivity index (χ1v) is 10.6. The van der Waals surface area contributed by atoms with Gasteiger partial charge in [0, 0.05) is 30.9 Å². The lowest BCUT2D eigenvalue weighted by molar-refractivity contribution is 0.0953. The molecule has 1 aliphatic heterocycles. The molecule has 1 amide bonds. The number of carbonyl (C=O) groups is 1. The summed E-state index contributed by atoms with van der Waals surface area (Å²) in [6.07, 6.45) is 2.94. The predicted octanol–water partition coefficient (Wildman–Crippen LogP) is 4.62. The van der Waals surface area contributed by atoms with E-state index in [1.165, 1.54) is 22.4 Å². The van der Waals surface area contributed by atoms with Gasteiger partial charge < -0.3 is 15.0 Å². The number of aryl methyl sites for hydroxylation is 1. The number of anilines is 1. The Kier molecular flexibility index (Phi) is 6.33.